The SMILES string of the molecule is Cc1ccc(C(=O)CCC(=O)NCC(=O)N(C)C)cc1C. The molecule has 21 heavy (non-hydrogen) atoms. The van der Waals surface area contributed by atoms with E-state index in [2.05, 4.69) is 5.32 Å². The van der Waals surface area contributed by atoms with E-state index in [4.69, 9.17) is 0 Å². The van der Waals surface area contributed by atoms with Gasteiger partial charge in [0.05, 0.1) is 6.54 Å². The molecule has 0 heterocycles. The monoisotopic (exact) mass is 290 g/mol. The standard InChI is InChI=1S/C16H22N2O3/c1-11-5-6-13(9-12(11)2)14(19)7-8-15(20)17-10-16(21)18(3)4/h5-6,9H,7-8,10H2,1-4H3,(H,17,20). The van der Waals surface area contributed by atoms with Crippen LogP contribution in [0.15, 0.2) is 18.2 Å². The predicted octanol–water partition coefficient (Wildman–Crippen LogP) is 1.47. The highest BCUT2D eigenvalue weighted by Gasteiger charge is 2.11. The number of likely N-dealkylation sites (N-methyl/N-ethyl adjacent to an activating group) is 1. The van der Waals surface area contributed by atoms with Crippen molar-refractivity contribution in [2.45, 2.75) is 26.7 Å². The maximum Gasteiger partial charge on any atom is 0.241 e. The Kier molecular flexibility index (Phi) is 6.09. The average Bonchev–Trinajstić information content (AvgIpc) is 2.44. The van der Waals surface area contributed by atoms with E-state index >= 15 is 0 Å². The summed E-state index contributed by atoms with van der Waals surface area (Å²) in [5, 5.41) is 2.51. The van der Waals surface area contributed by atoms with Crippen LogP contribution < -0.4 is 5.32 Å². The first-order chi connectivity index (χ1) is 9.81. The van der Waals surface area contributed by atoms with Gasteiger partial charge in [0.1, 0.15) is 0 Å². The number of hydrogen-bond donors (Lipinski definition) is 1. The second-order valence-corrected chi connectivity index (χ2v) is 5.29. The predicted molar refractivity (Wildman–Crippen MR) is 81.2 cm³/mol. The molecule has 0 bridgehead atoms. The molecular weight excluding hydrogens is 268 g/mol. The summed E-state index contributed by atoms with van der Waals surface area (Å²) in [4.78, 5) is 36.3. The summed E-state index contributed by atoms with van der Waals surface area (Å²) in [6.45, 7) is 3.90. The Bertz CT molecular complexity index is 550. The molecule has 0 unspecified atom stereocenters. The number of Topliss-reactive ketones (excluding diaryl/α,β-unsaturated/α-hetero) is 1. The minimum atomic E-state index is -0.289. The van der Waals surface area contributed by atoms with E-state index in [9.17, 15) is 14.4 Å². The van der Waals surface area contributed by atoms with Crippen molar-refractivity contribution in [3.63, 3.8) is 0 Å². The zero-order chi connectivity index (χ0) is 16.0. The maximum atomic E-state index is 12.0. The van der Waals surface area contributed by atoms with Crippen molar-refractivity contribution in [3.05, 3.63) is 34.9 Å². The van der Waals surface area contributed by atoms with Crippen LogP contribution in [0.1, 0.15) is 34.3 Å². The minimum absolute atomic E-state index is 0.0380. The van der Waals surface area contributed by atoms with Crippen molar-refractivity contribution >= 4 is 17.6 Å². The molecule has 0 saturated heterocycles. The van der Waals surface area contributed by atoms with Gasteiger partial charge in [0.15, 0.2) is 5.78 Å². The van der Waals surface area contributed by atoms with Crippen LogP contribution >= 0.6 is 0 Å². The Hall–Kier alpha value is -2.17. The zero-order valence-corrected chi connectivity index (χ0v) is 13.0. The fourth-order valence-corrected chi connectivity index (χ4v) is 1.71. The molecule has 1 rings (SSSR count). The normalized spacial score (nSPS) is 10.1. The average molecular weight is 290 g/mol. The number of ketones is 1. The van der Waals surface area contributed by atoms with Crippen LogP contribution in [0.2, 0.25) is 0 Å². The molecular formula is C16H22N2O3. The van der Waals surface area contributed by atoms with Gasteiger partial charge in [0.2, 0.25) is 11.8 Å². The fraction of sp³-hybridized carbons (Fsp3) is 0.438. The highest BCUT2D eigenvalue weighted by atomic mass is 16.2. The molecule has 0 aromatic heterocycles. The Morgan fingerprint density at radius 1 is 1.05 bits per heavy atom. The minimum Gasteiger partial charge on any atom is -0.347 e. The van der Waals surface area contributed by atoms with Gasteiger partial charge in [-0.3, -0.25) is 14.4 Å². The fourth-order valence-electron chi connectivity index (χ4n) is 1.71. The Morgan fingerprint density at radius 2 is 1.71 bits per heavy atom. The molecule has 5 nitrogen and oxygen atoms in total. The summed E-state index contributed by atoms with van der Waals surface area (Å²) in [5.41, 5.74) is 2.81. The van der Waals surface area contributed by atoms with E-state index in [0.717, 1.165) is 11.1 Å². The first-order valence-electron chi connectivity index (χ1n) is 6.88. The third kappa shape index (κ3) is 5.38. The van der Waals surface area contributed by atoms with Crippen molar-refractivity contribution in [3.8, 4) is 0 Å². The lowest BCUT2D eigenvalue weighted by Crippen LogP contribution is -2.36. The van der Waals surface area contributed by atoms with Crippen molar-refractivity contribution in [1.29, 1.82) is 0 Å². The molecule has 5 heteroatoms. The molecule has 0 aliphatic heterocycles. The van der Waals surface area contributed by atoms with E-state index in [1.165, 1.54) is 4.90 Å². The summed E-state index contributed by atoms with van der Waals surface area (Å²) in [6, 6.07) is 5.52. The number of nitrogens with one attached hydrogen (secondary N) is 1. The lowest BCUT2D eigenvalue weighted by atomic mass is 10.0. The van der Waals surface area contributed by atoms with Gasteiger partial charge in [-0.15, -0.1) is 0 Å². The summed E-state index contributed by atoms with van der Waals surface area (Å²) in [5.74, 6) is -0.529. The smallest absolute Gasteiger partial charge is 0.241 e. The highest BCUT2D eigenvalue weighted by molar-refractivity contribution is 5.98. The largest absolute Gasteiger partial charge is 0.347 e. The van der Waals surface area contributed by atoms with Crippen LogP contribution in [0.25, 0.3) is 0 Å². The molecule has 1 aromatic rings. The van der Waals surface area contributed by atoms with Crippen LogP contribution in [0.3, 0.4) is 0 Å². The lowest BCUT2D eigenvalue weighted by molar-refractivity contribution is -0.130. The van der Waals surface area contributed by atoms with Gasteiger partial charge in [-0.1, -0.05) is 12.1 Å². The number of hydrogen-bond acceptors (Lipinski definition) is 3. The topological polar surface area (TPSA) is 66.5 Å². The molecule has 2 amide bonds. The van der Waals surface area contributed by atoms with Crippen LogP contribution in [0, 0.1) is 13.8 Å². The maximum absolute atomic E-state index is 12.0. The van der Waals surface area contributed by atoms with Crippen molar-refractivity contribution in [1.82, 2.24) is 10.2 Å². The molecule has 0 atom stereocenters. The Morgan fingerprint density at radius 3 is 2.29 bits per heavy atom. The van der Waals surface area contributed by atoms with Crippen LogP contribution in [0.4, 0.5) is 0 Å². The highest BCUT2D eigenvalue weighted by Crippen LogP contribution is 2.12. The lowest BCUT2D eigenvalue weighted by Gasteiger charge is -2.10. The van der Waals surface area contributed by atoms with Gasteiger partial charge in [-0.25, -0.2) is 0 Å². The summed E-state index contributed by atoms with van der Waals surface area (Å²) in [7, 11) is 3.25. The third-order valence-corrected chi connectivity index (χ3v) is 3.34. The number of nitrogens with zero attached hydrogens (tertiary/aromatic N) is 1. The number of carbonyl (C=O) groups excluding carboxylic acids is 3. The van der Waals surface area contributed by atoms with E-state index < -0.39 is 0 Å². The molecule has 114 valence electrons. The van der Waals surface area contributed by atoms with E-state index in [0.29, 0.717) is 5.56 Å². The van der Waals surface area contributed by atoms with Gasteiger partial charge in [0, 0.05) is 32.5 Å². The van der Waals surface area contributed by atoms with E-state index in [1.807, 2.05) is 26.0 Å². The number of rotatable bonds is 6. The van der Waals surface area contributed by atoms with Crippen LogP contribution in [-0.2, 0) is 9.59 Å². The van der Waals surface area contributed by atoms with Gasteiger partial charge in [-0.05, 0) is 31.0 Å². The molecule has 0 spiro atoms. The summed E-state index contributed by atoms with van der Waals surface area (Å²) in [6.07, 6.45) is 0.233. The second kappa shape index (κ2) is 7.57. The number of benzene rings is 1. The first-order valence-corrected chi connectivity index (χ1v) is 6.88. The molecule has 1 aromatic carbocycles. The van der Waals surface area contributed by atoms with Crippen LogP contribution in [-0.4, -0.2) is 43.1 Å². The van der Waals surface area contributed by atoms with Gasteiger partial charge in [-0.2, -0.15) is 0 Å². The molecule has 0 radical (unpaired) electrons. The number of amides is 2. The van der Waals surface area contributed by atoms with Crippen molar-refractivity contribution < 1.29 is 14.4 Å². The molecule has 1 N–H and O–H groups in total. The van der Waals surface area contributed by atoms with E-state index in [1.54, 1.807) is 20.2 Å². The van der Waals surface area contributed by atoms with Crippen molar-refractivity contribution in [2.75, 3.05) is 20.6 Å². The Labute approximate surface area is 125 Å². The molecule has 0 aliphatic rings. The quantitative estimate of drug-likeness (QED) is 0.807. The third-order valence-electron chi connectivity index (χ3n) is 3.34. The first kappa shape index (κ1) is 16.9. The van der Waals surface area contributed by atoms with Gasteiger partial charge in [0.25, 0.3) is 0 Å². The Balaban J connectivity index is 2.44. The number of carbonyl (C=O) groups is 3. The number of aryl methyl sites for hydroxylation is 2. The summed E-state index contributed by atoms with van der Waals surface area (Å²) >= 11 is 0. The summed E-state index contributed by atoms with van der Waals surface area (Å²) < 4.78 is 0. The zero-order valence-electron chi connectivity index (χ0n) is 13.0. The van der Waals surface area contributed by atoms with E-state index in [-0.39, 0.29) is 37.0 Å². The molecule has 0 saturated carbocycles. The van der Waals surface area contributed by atoms with Crippen LogP contribution in [0.5, 0.6) is 0 Å². The van der Waals surface area contributed by atoms with Crippen molar-refractivity contribution in [2.24, 2.45) is 0 Å². The van der Waals surface area contributed by atoms with Gasteiger partial charge >= 0.3 is 0 Å². The molecule has 0 aliphatic carbocycles. The second-order valence-electron chi connectivity index (χ2n) is 5.29. The van der Waals surface area contributed by atoms with Gasteiger partial charge < -0.3 is 10.2 Å². The molecule has 0 fully saturated rings.